The maximum absolute atomic E-state index is 12.6. The second-order valence-corrected chi connectivity index (χ2v) is 8.32. The molecule has 0 aliphatic carbocycles. The summed E-state index contributed by atoms with van der Waals surface area (Å²) < 4.78 is 32.6. The molecule has 2 aromatic rings. The maximum Gasteiger partial charge on any atom is 0.337 e. The molecule has 7 heteroatoms. The van der Waals surface area contributed by atoms with E-state index in [-0.39, 0.29) is 10.5 Å². The first kappa shape index (κ1) is 19.4. The van der Waals surface area contributed by atoms with Gasteiger partial charge in [0.25, 0.3) is 0 Å². The zero-order valence-electron chi connectivity index (χ0n) is 15.6. The Hall–Kier alpha value is -2.38. The molecule has 144 valence electrons. The molecule has 1 aliphatic heterocycles. The summed E-state index contributed by atoms with van der Waals surface area (Å²) >= 11 is 0. The molecule has 1 N–H and O–H groups in total. The standard InChI is InChI=1S/C20H24N2O4S/c1-15-8-9-17(20(23)26-2)14-19(15)27(24,25)21-11-5-12-22-13-10-16-6-3-4-7-18(16)22/h3-4,6-9,14,21H,5,10-13H2,1-2H3. The summed E-state index contributed by atoms with van der Waals surface area (Å²) in [6.07, 6.45) is 1.73. The molecule has 0 amide bonds. The molecule has 0 unspecified atom stereocenters. The molecule has 2 aromatic carbocycles. The first-order valence-corrected chi connectivity index (χ1v) is 10.4. The van der Waals surface area contributed by atoms with Crippen molar-refractivity contribution in [1.29, 1.82) is 0 Å². The van der Waals surface area contributed by atoms with Gasteiger partial charge in [0.2, 0.25) is 10.0 Å². The van der Waals surface area contributed by atoms with Gasteiger partial charge >= 0.3 is 5.97 Å². The van der Waals surface area contributed by atoms with Crippen molar-refractivity contribution in [3.05, 3.63) is 59.2 Å². The molecule has 3 rings (SSSR count). The minimum absolute atomic E-state index is 0.108. The van der Waals surface area contributed by atoms with E-state index in [0.717, 1.165) is 19.5 Å². The number of anilines is 1. The summed E-state index contributed by atoms with van der Waals surface area (Å²) in [6, 6.07) is 12.8. The number of rotatable bonds is 7. The van der Waals surface area contributed by atoms with Gasteiger partial charge in [-0.15, -0.1) is 0 Å². The summed E-state index contributed by atoms with van der Waals surface area (Å²) in [4.78, 5) is 14.1. The van der Waals surface area contributed by atoms with Crippen LogP contribution in [0.2, 0.25) is 0 Å². The van der Waals surface area contributed by atoms with E-state index >= 15 is 0 Å². The average molecular weight is 388 g/mol. The average Bonchev–Trinajstić information content (AvgIpc) is 3.08. The number of carbonyl (C=O) groups is 1. The Bertz CT molecular complexity index is 941. The molecule has 0 spiro atoms. The quantitative estimate of drug-likeness (QED) is 0.583. The number of hydrogen-bond acceptors (Lipinski definition) is 5. The van der Waals surface area contributed by atoms with Crippen molar-refractivity contribution in [1.82, 2.24) is 4.72 Å². The molecule has 1 heterocycles. The van der Waals surface area contributed by atoms with Crippen LogP contribution in [0.1, 0.15) is 27.9 Å². The minimum Gasteiger partial charge on any atom is -0.465 e. The Morgan fingerprint density at radius 2 is 2.00 bits per heavy atom. The number of benzene rings is 2. The highest BCUT2D eigenvalue weighted by Gasteiger charge is 2.20. The number of aryl methyl sites for hydroxylation is 1. The van der Waals surface area contributed by atoms with Crippen LogP contribution in [0.25, 0.3) is 0 Å². The predicted octanol–water partition coefficient (Wildman–Crippen LogP) is 2.51. The number of methoxy groups -OCH3 is 1. The van der Waals surface area contributed by atoms with Crippen LogP contribution in [-0.2, 0) is 21.2 Å². The largest absolute Gasteiger partial charge is 0.465 e. The third kappa shape index (κ3) is 4.31. The molecule has 0 atom stereocenters. The number of sulfonamides is 1. The maximum atomic E-state index is 12.6. The summed E-state index contributed by atoms with van der Waals surface area (Å²) in [5.41, 5.74) is 3.39. The fraction of sp³-hybridized carbons (Fsp3) is 0.350. The van der Waals surface area contributed by atoms with E-state index in [1.807, 2.05) is 12.1 Å². The van der Waals surface area contributed by atoms with Crippen molar-refractivity contribution in [2.75, 3.05) is 31.6 Å². The summed E-state index contributed by atoms with van der Waals surface area (Å²) in [5, 5.41) is 0. The molecule has 0 saturated carbocycles. The molecule has 27 heavy (non-hydrogen) atoms. The highest BCUT2D eigenvalue weighted by Crippen LogP contribution is 2.27. The summed E-state index contributed by atoms with van der Waals surface area (Å²) in [6.45, 7) is 3.80. The lowest BCUT2D eigenvalue weighted by Crippen LogP contribution is -2.29. The van der Waals surface area contributed by atoms with E-state index < -0.39 is 16.0 Å². The topological polar surface area (TPSA) is 75.7 Å². The molecule has 0 saturated heterocycles. The van der Waals surface area contributed by atoms with Gasteiger partial charge < -0.3 is 9.64 Å². The summed E-state index contributed by atoms with van der Waals surface area (Å²) in [5.74, 6) is -0.556. The first-order valence-electron chi connectivity index (χ1n) is 8.94. The Morgan fingerprint density at radius 3 is 2.78 bits per heavy atom. The summed E-state index contributed by atoms with van der Waals surface area (Å²) in [7, 11) is -2.42. The zero-order valence-corrected chi connectivity index (χ0v) is 16.4. The Morgan fingerprint density at radius 1 is 1.22 bits per heavy atom. The van der Waals surface area contributed by atoms with Crippen LogP contribution in [0.3, 0.4) is 0 Å². The molecule has 6 nitrogen and oxygen atoms in total. The van der Waals surface area contributed by atoms with E-state index in [1.54, 1.807) is 19.1 Å². The lowest BCUT2D eigenvalue weighted by Gasteiger charge is -2.19. The van der Waals surface area contributed by atoms with Gasteiger partial charge in [0.1, 0.15) is 0 Å². The fourth-order valence-corrected chi connectivity index (χ4v) is 4.67. The molecule has 0 fully saturated rings. The molecular weight excluding hydrogens is 364 g/mol. The van der Waals surface area contributed by atoms with Crippen molar-refractivity contribution >= 4 is 21.7 Å². The van der Waals surface area contributed by atoms with Gasteiger partial charge in [-0.05, 0) is 49.1 Å². The first-order chi connectivity index (χ1) is 12.9. The number of hydrogen-bond donors (Lipinski definition) is 1. The molecule has 0 bridgehead atoms. The number of esters is 1. The molecule has 1 aliphatic rings. The monoisotopic (exact) mass is 388 g/mol. The third-order valence-corrected chi connectivity index (χ3v) is 6.38. The van der Waals surface area contributed by atoms with Crippen molar-refractivity contribution in [3.63, 3.8) is 0 Å². The highest BCUT2D eigenvalue weighted by atomic mass is 32.2. The fourth-order valence-electron chi connectivity index (χ4n) is 3.33. The Balaban J connectivity index is 1.60. The zero-order chi connectivity index (χ0) is 19.4. The number of fused-ring (bicyclic) bond motifs is 1. The number of carbonyl (C=O) groups excluding carboxylic acids is 1. The Labute approximate surface area is 160 Å². The third-order valence-electron chi connectivity index (χ3n) is 4.78. The Kier molecular flexibility index (Phi) is 5.82. The van der Waals surface area contributed by atoms with Crippen LogP contribution < -0.4 is 9.62 Å². The highest BCUT2D eigenvalue weighted by molar-refractivity contribution is 7.89. The second kappa shape index (κ2) is 8.10. The van der Waals surface area contributed by atoms with Crippen LogP contribution in [-0.4, -0.2) is 41.1 Å². The van der Waals surface area contributed by atoms with Crippen LogP contribution in [0.5, 0.6) is 0 Å². The van der Waals surface area contributed by atoms with Gasteiger partial charge in [-0.2, -0.15) is 0 Å². The van der Waals surface area contributed by atoms with E-state index in [1.165, 1.54) is 24.4 Å². The normalized spacial score (nSPS) is 13.5. The van der Waals surface area contributed by atoms with Crippen molar-refractivity contribution in [3.8, 4) is 0 Å². The van der Waals surface area contributed by atoms with Gasteiger partial charge in [-0.1, -0.05) is 24.3 Å². The van der Waals surface area contributed by atoms with Crippen LogP contribution >= 0.6 is 0 Å². The number of nitrogens with one attached hydrogen (secondary N) is 1. The van der Waals surface area contributed by atoms with Gasteiger partial charge in [0.05, 0.1) is 17.6 Å². The van der Waals surface area contributed by atoms with Crippen molar-refractivity contribution in [2.45, 2.75) is 24.7 Å². The smallest absolute Gasteiger partial charge is 0.337 e. The van der Waals surface area contributed by atoms with Crippen molar-refractivity contribution < 1.29 is 17.9 Å². The number of para-hydroxylation sites is 1. The minimum atomic E-state index is -3.69. The molecule has 0 aromatic heterocycles. The van der Waals surface area contributed by atoms with Crippen LogP contribution in [0.4, 0.5) is 5.69 Å². The van der Waals surface area contributed by atoms with Crippen LogP contribution in [0.15, 0.2) is 47.4 Å². The van der Waals surface area contributed by atoms with Gasteiger partial charge in [-0.25, -0.2) is 17.9 Å². The molecular formula is C20H24N2O4S. The van der Waals surface area contributed by atoms with E-state index in [2.05, 4.69) is 26.5 Å². The van der Waals surface area contributed by atoms with Gasteiger partial charge in [0, 0.05) is 25.3 Å². The van der Waals surface area contributed by atoms with Crippen molar-refractivity contribution in [2.24, 2.45) is 0 Å². The van der Waals surface area contributed by atoms with E-state index in [9.17, 15) is 13.2 Å². The van der Waals surface area contributed by atoms with E-state index in [4.69, 9.17) is 0 Å². The second-order valence-electron chi connectivity index (χ2n) is 6.59. The number of nitrogens with zero attached hydrogens (tertiary/aromatic N) is 1. The number of ether oxygens (including phenoxy) is 1. The van der Waals surface area contributed by atoms with Gasteiger partial charge in [0.15, 0.2) is 0 Å². The van der Waals surface area contributed by atoms with E-state index in [0.29, 0.717) is 18.5 Å². The lowest BCUT2D eigenvalue weighted by molar-refractivity contribution is 0.0600. The SMILES string of the molecule is COC(=O)c1ccc(C)c(S(=O)(=O)NCCCN2CCc3ccccc32)c1. The lowest BCUT2D eigenvalue weighted by atomic mass is 10.1. The van der Waals surface area contributed by atoms with Gasteiger partial charge in [-0.3, -0.25) is 0 Å². The van der Waals surface area contributed by atoms with Crippen LogP contribution in [0, 0.1) is 6.92 Å². The predicted molar refractivity (Wildman–Crippen MR) is 105 cm³/mol. The molecule has 0 radical (unpaired) electrons.